The standard InChI is InChI=1S/C33H31IN2O6S/c1-5-40-27-14-12-23(17-28(27)41-6-2)30-24(32(38)39-4)18-35-33-36(30)31(37)29(43-33)16-22-11-13-26(25(34)15-22)42-19-21-9-7-20(3)8-10-21/h7-18,30H,5-6,19H2,1-4H3/b29-16-/t30-/m1/s1. The minimum atomic E-state index is -0.751. The van der Waals surface area contributed by atoms with Crippen molar-refractivity contribution in [2.24, 2.45) is 4.99 Å². The molecule has 1 atom stereocenters. The molecule has 0 spiro atoms. The molecule has 0 radical (unpaired) electrons. The molecule has 10 heteroatoms. The van der Waals surface area contributed by atoms with Crippen molar-refractivity contribution in [2.45, 2.75) is 33.4 Å². The van der Waals surface area contributed by atoms with Gasteiger partial charge in [0.15, 0.2) is 16.3 Å². The van der Waals surface area contributed by atoms with E-state index in [4.69, 9.17) is 18.9 Å². The van der Waals surface area contributed by atoms with Gasteiger partial charge in [0.05, 0.1) is 40.0 Å². The molecule has 43 heavy (non-hydrogen) atoms. The number of hydrogen-bond acceptors (Lipinski definition) is 8. The molecule has 0 N–H and O–H groups in total. The van der Waals surface area contributed by atoms with Crippen LogP contribution in [0, 0.1) is 10.5 Å². The summed E-state index contributed by atoms with van der Waals surface area (Å²) < 4.78 is 25.6. The molecule has 1 aliphatic rings. The number of benzene rings is 3. The molecule has 0 fully saturated rings. The van der Waals surface area contributed by atoms with Crippen molar-refractivity contribution in [1.29, 1.82) is 0 Å². The van der Waals surface area contributed by atoms with Crippen LogP contribution in [0.25, 0.3) is 6.08 Å². The highest BCUT2D eigenvalue weighted by Gasteiger charge is 2.31. The number of rotatable bonds is 10. The van der Waals surface area contributed by atoms with Crippen LogP contribution in [0.2, 0.25) is 0 Å². The van der Waals surface area contributed by atoms with Crippen LogP contribution in [0.3, 0.4) is 0 Å². The Labute approximate surface area is 267 Å². The number of aromatic nitrogens is 1. The highest BCUT2D eigenvalue weighted by atomic mass is 127. The Kier molecular flexibility index (Phi) is 9.66. The Morgan fingerprint density at radius 3 is 2.40 bits per heavy atom. The van der Waals surface area contributed by atoms with Crippen LogP contribution < -0.4 is 29.1 Å². The Hall–Kier alpha value is -3.90. The largest absolute Gasteiger partial charge is 0.490 e. The second kappa shape index (κ2) is 13.6. The van der Waals surface area contributed by atoms with Crippen molar-refractivity contribution in [2.75, 3.05) is 20.3 Å². The zero-order valence-corrected chi connectivity index (χ0v) is 27.2. The second-order valence-corrected chi connectivity index (χ2v) is 11.9. The van der Waals surface area contributed by atoms with Crippen molar-refractivity contribution in [3.63, 3.8) is 0 Å². The molecule has 1 aliphatic heterocycles. The molecule has 1 aromatic heterocycles. The molecule has 3 aromatic carbocycles. The molecule has 5 rings (SSSR count). The van der Waals surface area contributed by atoms with Crippen molar-refractivity contribution in [3.05, 3.63) is 118 Å². The fourth-order valence-electron chi connectivity index (χ4n) is 4.71. The number of aryl methyl sites for hydroxylation is 1. The molecule has 8 nitrogen and oxygen atoms in total. The molecular formula is C33H31IN2O6S. The molecule has 0 saturated carbocycles. The van der Waals surface area contributed by atoms with Crippen LogP contribution >= 0.6 is 33.9 Å². The summed E-state index contributed by atoms with van der Waals surface area (Å²) in [5.74, 6) is 1.32. The average molecular weight is 711 g/mol. The lowest BCUT2D eigenvalue weighted by molar-refractivity contribution is -0.136. The zero-order valence-electron chi connectivity index (χ0n) is 24.3. The Balaban J connectivity index is 1.51. The highest BCUT2D eigenvalue weighted by molar-refractivity contribution is 14.1. The maximum absolute atomic E-state index is 13.9. The summed E-state index contributed by atoms with van der Waals surface area (Å²) in [6, 6.07) is 18.7. The Morgan fingerprint density at radius 2 is 1.70 bits per heavy atom. The van der Waals surface area contributed by atoms with Crippen LogP contribution in [0.15, 0.2) is 82.2 Å². The monoisotopic (exact) mass is 710 g/mol. The summed E-state index contributed by atoms with van der Waals surface area (Å²) in [5.41, 5.74) is 3.81. The summed E-state index contributed by atoms with van der Waals surface area (Å²) in [4.78, 5) is 31.7. The normalized spacial score (nSPS) is 14.4. The minimum Gasteiger partial charge on any atom is -0.490 e. The van der Waals surface area contributed by atoms with Crippen molar-refractivity contribution in [3.8, 4) is 17.2 Å². The van der Waals surface area contributed by atoms with E-state index in [0.717, 1.165) is 20.4 Å². The van der Waals surface area contributed by atoms with Gasteiger partial charge in [-0.2, -0.15) is 0 Å². The maximum atomic E-state index is 13.9. The Bertz CT molecular complexity index is 1860. The van der Waals surface area contributed by atoms with Crippen LogP contribution in [-0.2, 0) is 16.1 Å². The van der Waals surface area contributed by atoms with E-state index < -0.39 is 12.0 Å². The number of halogens is 1. The first kappa shape index (κ1) is 30.6. The van der Waals surface area contributed by atoms with Crippen LogP contribution in [0.5, 0.6) is 17.2 Å². The molecule has 0 amide bonds. The van der Waals surface area contributed by atoms with Gasteiger partial charge in [0.2, 0.25) is 0 Å². The van der Waals surface area contributed by atoms with Gasteiger partial charge >= 0.3 is 5.97 Å². The molecule has 2 heterocycles. The lowest BCUT2D eigenvalue weighted by Crippen LogP contribution is -2.39. The van der Waals surface area contributed by atoms with E-state index in [1.54, 1.807) is 12.1 Å². The van der Waals surface area contributed by atoms with E-state index in [1.807, 2.05) is 44.2 Å². The fraction of sp³-hybridized carbons (Fsp3) is 0.242. The summed E-state index contributed by atoms with van der Waals surface area (Å²) >= 11 is 3.50. The van der Waals surface area contributed by atoms with Crippen LogP contribution in [-0.4, -0.2) is 30.9 Å². The lowest BCUT2D eigenvalue weighted by Gasteiger charge is -2.23. The zero-order chi connectivity index (χ0) is 30.5. The molecule has 0 bridgehead atoms. The molecule has 0 saturated heterocycles. The lowest BCUT2D eigenvalue weighted by atomic mass is 9.97. The van der Waals surface area contributed by atoms with Gasteiger partial charge in [-0.15, -0.1) is 0 Å². The van der Waals surface area contributed by atoms with E-state index in [2.05, 4.69) is 58.8 Å². The third kappa shape index (κ3) is 6.70. The number of nitrogens with zero attached hydrogens (tertiary/aromatic N) is 2. The number of fused-ring (bicyclic) bond motifs is 1. The summed E-state index contributed by atoms with van der Waals surface area (Å²) in [6.07, 6.45) is 3.31. The van der Waals surface area contributed by atoms with E-state index in [0.29, 0.717) is 46.2 Å². The number of carbonyl (C=O) groups is 1. The van der Waals surface area contributed by atoms with Gasteiger partial charge in [-0.25, -0.2) is 9.79 Å². The highest BCUT2D eigenvalue weighted by Crippen LogP contribution is 2.35. The number of carbonyl (C=O) groups excluding carboxylic acids is 1. The first-order valence-electron chi connectivity index (χ1n) is 13.8. The van der Waals surface area contributed by atoms with E-state index >= 15 is 0 Å². The third-order valence-corrected chi connectivity index (χ3v) is 8.62. The van der Waals surface area contributed by atoms with Crippen LogP contribution in [0.4, 0.5) is 0 Å². The summed E-state index contributed by atoms with van der Waals surface area (Å²) in [5, 5.41) is 0. The van der Waals surface area contributed by atoms with Gasteiger partial charge < -0.3 is 18.9 Å². The predicted octanol–water partition coefficient (Wildman–Crippen LogP) is 5.31. The quantitative estimate of drug-likeness (QED) is 0.164. The molecule has 4 aromatic rings. The third-order valence-electron chi connectivity index (χ3n) is 6.78. The first-order valence-corrected chi connectivity index (χ1v) is 15.7. The van der Waals surface area contributed by atoms with Gasteiger partial charge in [0.25, 0.3) is 5.56 Å². The van der Waals surface area contributed by atoms with E-state index in [1.165, 1.54) is 34.8 Å². The maximum Gasteiger partial charge on any atom is 0.337 e. The van der Waals surface area contributed by atoms with Gasteiger partial charge in [-0.1, -0.05) is 53.3 Å². The van der Waals surface area contributed by atoms with Gasteiger partial charge in [0.1, 0.15) is 12.4 Å². The minimum absolute atomic E-state index is 0.248. The van der Waals surface area contributed by atoms with Gasteiger partial charge in [-0.05, 0) is 90.4 Å². The number of esters is 1. The topological polar surface area (TPSA) is 88.4 Å². The van der Waals surface area contributed by atoms with Crippen LogP contribution in [0.1, 0.15) is 42.1 Å². The Morgan fingerprint density at radius 1 is 0.977 bits per heavy atom. The summed E-state index contributed by atoms with van der Waals surface area (Å²) in [6.45, 7) is 7.21. The first-order chi connectivity index (χ1) is 20.8. The van der Waals surface area contributed by atoms with E-state index in [9.17, 15) is 9.59 Å². The summed E-state index contributed by atoms with van der Waals surface area (Å²) in [7, 11) is 1.31. The SMILES string of the molecule is CCOc1ccc([C@@H]2C(C(=O)OC)=CN=c3s/c(=C\c4ccc(OCc5ccc(C)cc5)c(I)c4)c(=O)n32)cc1OCC. The number of hydrogen-bond donors (Lipinski definition) is 0. The number of thiazole rings is 1. The van der Waals surface area contributed by atoms with Crippen molar-refractivity contribution < 1.29 is 23.7 Å². The van der Waals surface area contributed by atoms with E-state index in [-0.39, 0.29) is 11.1 Å². The molecule has 222 valence electrons. The molecule has 0 aliphatic carbocycles. The average Bonchev–Trinajstić information content (AvgIpc) is 3.32. The second-order valence-electron chi connectivity index (χ2n) is 9.71. The fourth-order valence-corrected chi connectivity index (χ4v) is 6.37. The van der Waals surface area contributed by atoms with Gasteiger partial charge in [0, 0.05) is 6.20 Å². The van der Waals surface area contributed by atoms with Gasteiger partial charge in [-0.3, -0.25) is 9.36 Å². The number of methoxy groups -OCH3 is 1. The van der Waals surface area contributed by atoms with Crippen molar-refractivity contribution >= 4 is 46.0 Å². The predicted molar refractivity (Wildman–Crippen MR) is 175 cm³/mol. The number of ether oxygens (including phenoxy) is 4. The molecular weight excluding hydrogens is 679 g/mol. The smallest absolute Gasteiger partial charge is 0.337 e. The van der Waals surface area contributed by atoms with Crippen molar-refractivity contribution in [1.82, 2.24) is 4.57 Å². The molecule has 0 unspecified atom stereocenters.